The molecule has 2 unspecified atom stereocenters. The highest BCUT2D eigenvalue weighted by molar-refractivity contribution is 7.99. The first-order valence-corrected chi connectivity index (χ1v) is 6.82. The molecule has 0 aromatic carbocycles. The molecule has 0 amide bonds. The van der Waals surface area contributed by atoms with Crippen LogP contribution in [0.1, 0.15) is 19.3 Å². The van der Waals surface area contributed by atoms with Crippen LogP contribution in [0.5, 0.6) is 0 Å². The maximum Gasteiger partial charge on any atom is 0.239 e. The standard InChI is InChI=1S/C10H16FN5S/c1-17-8-4-2-3-7(8)14-9-6(11)5-13-10(15-9)16-12/h5,7-8H,2-4,12H2,1H3,(H2,13,14,15,16). The highest BCUT2D eigenvalue weighted by Gasteiger charge is 2.27. The van der Waals surface area contributed by atoms with Crippen LogP contribution in [0.2, 0.25) is 0 Å². The van der Waals surface area contributed by atoms with Gasteiger partial charge in [-0.15, -0.1) is 0 Å². The van der Waals surface area contributed by atoms with E-state index in [0.29, 0.717) is 5.25 Å². The van der Waals surface area contributed by atoms with E-state index in [2.05, 4.69) is 27.0 Å². The third-order valence-electron chi connectivity index (χ3n) is 2.95. The molecule has 94 valence electrons. The van der Waals surface area contributed by atoms with Gasteiger partial charge < -0.3 is 5.32 Å². The Hall–Kier alpha value is -1.08. The van der Waals surface area contributed by atoms with Gasteiger partial charge in [-0.25, -0.2) is 15.2 Å². The lowest BCUT2D eigenvalue weighted by Crippen LogP contribution is -2.27. The van der Waals surface area contributed by atoms with Crippen molar-refractivity contribution in [1.29, 1.82) is 0 Å². The van der Waals surface area contributed by atoms with Gasteiger partial charge in [0.1, 0.15) is 0 Å². The van der Waals surface area contributed by atoms with E-state index in [1.54, 1.807) is 11.8 Å². The topological polar surface area (TPSA) is 75.9 Å². The molecule has 0 bridgehead atoms. The lowest BCUT2D eigenvalue weighted by atomic mass is 10.2. The van der Waals surface area contributed by atoms with Gasteiger partial charge in [0, 0.05) is 11.3 Å². The van der Waals surface area contributed by atoms with Gasteiger partial charge in [0.2, 0.25) is 5.95 Å². The quantitative estimate of drug-likeness (QED) is 0.562. The van der Waals surface area contributed by atoms with Gasteiger partial charge in [0.05, 0.1) is 6.20 Å². The van der Waals surface area contributed by atoms with E-state index < -0.39 is 5.82 Å². The minimum absolute atomic E-state index is 0.215. The molecule has 1 aliphatic carbocycles. The molecular formula is C10H16FN5S. The van der Waals surface area contributed by atoms with Crippen molar-refractivity contribution < 1.29 is 4.39 Å². The Morgan fingerprint density at radius 3 is 3.06 bits per heavy atom. The lowest BCUT2D eigenvalue weighted by molar-refractivity contribution is 0.611. The Balaban J connectivity index is 2.12. The number of hydrogen-bond donors (Lipinski definition) is 3. The fraction of sp³-hybridized carbons (Fsp3) is 0.600. The highest BCUT2D eigenvalue weighted by atomic mass is 32.2. The molecular weight excluding hydrogens is 241 g/mol. The molecule has 0 saturated heterocycles. The van der Waals surface area contributed by atoms with Crippen molar-refractivity contribution in [2.75, 3.05) is 17.0 Å². The molecule has 0 radical (unpaired) electrons. The second-order valence-electron chi connectivity index (χ2n) is 3.99. The predicted molar refractivity (Wildman–Crippen MR) is 68.4 cm³/mol. The molecule has 0 spiro atoms. The van der Waals surface area contributed by atoms with Crippen molar-refractivity contribution in [2.24, 2.45) is 5.84 Å². The summed E-state index contributed by atoms with van der Waals surface area (Å²) in [5.41, 5.74) is 2.31. The molecule has 1 heterocycles. The van der Waals surface area contributed by atoms with Crippen molar-refractivity contribution in [1.82, 2.24) is 9.97 Å². The molecule has 1 aromatic rings. The van der Waals surface area contributed by atoms with Crippen LogP contribution in [-0.4, -0.2) is 27.5 Å². The number of anilines is 2. The average molecular weight is 257 g/mol. The van der Waals surface area contributed by atoms with Crippen molar-refractivity contribution in [3.8, 4) is 0 Å². The lowest BCUT2D eigenvalue weighted by Gasteiger charge is -2.20. The van der Waals surface area contributed by atoms with E-state index in [0.717, 1.165) is 25.5 Å². The monoisotopic (exact) mass is 257 g/mol. The zero-order valence-corrected chi connectivity index (χ0v) is 10.4. The molecule has 1 fully saturated rings. The Morgan fingerprint density at radius 1 is 1.53 bits per heavy atom. The van der Waals surface area contributed by atoms with Gasteiger partial charge in [-0.05, 0) is 19.1 Å². The number of halogens is 1. The summed E-state index contributed by atoms with van der Waals surface area (Å²) in [6.45, 7) is 0. The summed E-state index contributed by atoms with van der Waals surface area (Å²) in [5.74, 6) is 5.19. The first kappa shape index (κ1) is 12.4. The summed E-state index contributed by atoms with van der Waals surface area (Å²) < 4.78 is 13.5. The van der Waals surface area contributed by atoms with Crippen molar-refractivity contribution in [3.05, 3.63) is 12.0 Å². The fourth-order valence-electron chi connectivity index (χ4n) is 2.09. The van der Waals surface area contributed by atoms with Crippen LogP contribution in [0, 0.1) is 5.82 Å². The van der Waals surface area contributed by atoms with Crippen LogP contribution in [0.25, 0.3) is 0 Å². The average Bonchev–Trinajstić information content (AvgIpc) is 2.79. The van der Waals surface area contributed by atoms with Gasteiger partial charge in [-0.1, -0.05) is 6.42 Å². The molecule has 5 nitrogen and oxygen atoms in total. The predicted octanol–water partition coefficient (Wildman–Crippen LogP) is 1.60. The first-order chi connectivity index (χ1) is 8.24. The van der Waals surface area contributed by atoms with Crippen LogP contribution < -0.4 is 16.6 Å². The van der Waals surface area contributed by atoms with E-state index in [9.17, 15) is 4.39 Å². The zero-order valence-electron chi connectivity index (χ0n) is 9.61. The zero-order chi connectivity index (χ0) is 12.3. The van der Waals surface area contributed by atoms with Crippen LogP contribution in [-0.2, 0) is 0 Å². The van der Waals surface area contributed by atoms with Crippen LogP contribution in [0.4, 0.5) is 16.2 Å². The van der Waals surface area contributed by atoms with E-state index in [-0.39, 0.29) is 17.8 Å². The number of nitrogen functional groups attached to an aromatic ring is 1. The third-order valence-corrected chi connectivity index (χ3v) is 4.12. The minimum atomic E-state index is -0.448. The van der Waals surface area contributed by atoms with Crippen molar-refractivity contribution in [2.45, 2.75) is 30.6 Å². The van der Waals surface area contributed by atoms with Gasteiger partial charge in [0.15, 0.2) is 11.6 Å². The summed E-state index contributed by atoms with van der Waals surface area (Å²) in [6, 6.07) is 0.264. The summed E-state index contributed by atoms with van der Waals surface area (Å²) in [6.07, 6.45) is 6.56. The largest absolute Gasteiger partial charge is 0.364 e. The van der Waals surface area contributed by atoms with E-state index in [4.69, 9.17) is 5.84 Å². The van der Waals surface area contributed by atoms with Crippen molar-refractivity contribution >= 4 is 23.5 Å². The molecule has 1 saturated carbocycles. The van der Waals surface area contributed by atoms with Gasteiger partial charge in [0.25, 0.3) is 0 Å². The van der Waals surface area contributed by atoms with Crippen LogP contribution in [0.15, 0.2) is 6.20 Å². The smallest absolute Gasteiger partial charge is 0.239 e. The summed E-state index contributed by atoms with van der Waals surface area (Å²) in [4.78, 5) is 7.68. The van der Waals surface area contributed by atoms with Crippen LogP contribution >= 0.6 is 11.8 Å². The number of thioether (sulfide) groups is 1. The van der Waals surface area contributed by atoms with E-state index in [1.165, 1.54) is 0 Å². The Bertz CT molecular complexity index is 389. The van der Waals surface area contributed by atoms with Crippen molar-refractivity contribution in [3.63, 3.8) is 0 Å². The van der Waals surface area contributed by atoms with Gasteiger partial charge >= 0.3 is 0 Å². The summed E-state index contributed by atoms with van der Waals surface area (Å²) >= 11 is 1.81. The Kier molecular flexibility index (Phi) is 4.01. The Morgan fingerprint density at radius 2 is 2.35 bits per heavy atom. The molecule has 1 aromatic heterocycles. The number of rotatable bonds is 4. The maximum atomic E-state index is 13.5. The maximum absolute atomic E-state index is 13.5. The number of nitrogens with one attached hydrogen (secondary N) is 2. The highest BCUT2D eigenvalue weighted by Crippen LogP contribution is 2.30. The molecule has 17 heavy (non-hydrogen) atoms. The molecule has 2 atom stereocenters. The summed E-state index contributed by atoms with van der Waals surface area (Å²) in [5, 5.41) is 3.66. The number of nitrogens with zero attached hydrogens (tertiary/aromatic N) is 2. The van der Waals surface area contributed by atoms with Crippen LogP contribution in [0.3, 0.4) is 0 Å². The Labute approximate surface area is 104 Å². The normalized spacial score (nSPS) is 23.7. The number of nitrogens with two attached hydrogens (primary N) is 1. The van der Waals surface area contributed by atoms with Gasteiger partial charge in [-0.2, -0.15) is 16.7 Å². The second kappa shape index (κ2) is 5.50. The van der Waals surface area contributed by atoms with E-state index in [1.807, 2.05) is 0 Å². The molecule has 7 heteroatoms. The first-order valence-electron chi connectivity index (χ1n) is 5.53. The number of hydrogen-bond acceptors (Lipinski definition) is 6. The number of hydrazine groups is 1. The second-order valence-corrected chi connectivity index (χ2v) is 5.07. The number of aromatic nitrogens is 2. The third kappa shape index (κ3) is 2.78. The minimum Gasteiger partial charge on any atom is -0.364 e. The molecule has 0 aliphatic heterocycles. The molecule has 2 rings (SSSR count). The summed E-state index contributed by atoms with van der Waals surface area (Å²) in [7, 11) is 0. The van der Waals surface area contributed by atoms with E-state index >= 15 is 0 Å². The SMILES string of the molecule is CSC1CCCC1Nc1nc(NN)ncc1F. The molecule has 1 aliphatic rings. The molecule has 4 N–H and O–H groups in total. The van der Waals surface area contributed by atoms with Gasteiger partial charge in [-0.3, -0.25) is 5.43 Å². The fourth-order valence-corrected chi connectivity index (χ4v) is 3.02.